The first kappa shape index (κ1) is 14.5. The summed E-state index contributed by atoms with van der Waals surface area (Å²) in [5, 5.41) is 10.3. The zero-order chi connectivity index (χ0) is 14.2. The van der Waals surface area contributed by atoms with E-state index in [9.17, 15) is 9.50 Å². The molecule has 0 saturated carbocycles. The molecule has 2 rings (SSSR count). The number of aliphatic hydroxyl groups excluding tert-OH is 1. The highest BCUT2D eigenvalue weighted by Gasteiger charge is 2.22. The van der Waals surface area contributed by atoms with E-state index in [2.05, 4.69) is 20.8 Å². The van der Waals surface area contributed by atoms with Crippen LogP contribution >= 0.6 is 22.9 Å². The first-order valence-electron chi connectivity index (χ1n) is 6.03. The van der Waals surface area contributed by atoms with Gasteiger partial charge in [0.25, 0.3) is 0 Å². The van der Waals surface area contributed by atoms with E-state index in [0.29, 0.717) is 0 Å². The van der Waals surface area contributed by atoms with Crippen LogP contribution in [0, 0.1) is 5.82 Å². The van der Waals surface area contributed by atoms with Gasteiger partial charge in [-0.15, -0.1) is 11.3 Å². The monoisotopic (exact) mass is 298 g/mol. The van der Waals surface area contributed by atoms with Crippen molar-refractivity contribution in [2.24, 2.45) is 0 Å². The van der Waals surface area contributed by atoms with Gasteiger partial charge in [0.15, 0.2) is 0 Å². The molecule has 102 valence electrons. The van der Waals surface area contributed by atoms with Crippen LogP contribution in [-0.2, 0) is 5.41 Å². The summed E-state index contributed by atoms with van der Waals surface area (Å²) in [6, 6.07) is 8.49. The van der Waals surface area contributed by atoms with Crippen LogP contribution in [0.3, 0.4) is 0 Å². The summed E-state index contributed by atoms with van der Waals surface area (Å²) in [5.41, 5.74) is 0.241. The first-order valence-corrected chi connectivity index (χ1v) is 7.22. The number of hydrogen-bond acceptors (Lipinski definition) is 2. The van der Waals surface area contributed by atoms with Crippen molar-refractivity contribution in [2.75, 3.05) is 0 Å². The van der Waals surface area contributed by atoms with Crippen LogP contribution in [0.5, 0.6) is 0 Å². The van der Waals surface area contributed by atoms with E-state index in [1.807, 2.05) is 12.1 Å². The van der Waals surface area contributed by atoms with Crippen LogP contribution in [-0.4, -0.2) is 5.11 Å². The Kier molecular flexibility index (Phi) is 4.00. The second-order valence-electron chi connectivity index (χ2n) is 5.50. The molecule has 0 bridgehead atoms. The van der Waals surface area contributed by atoms with E-state index >= 15 is 0 Å². The molecule has 0 saturated heterocycles. The van der Waals surface area contributed by atoms with E-state index in [1.54, 1.807) is 12.1 Å². The summed E-state index contributed by atoms with van der Waals surface area (Å²) in [7, 11) is 0. The van der Waals surface area contributed by atoms with Gasteiger partial charge in [-0.3, -0.25) is 0 Å². The molecule has 1 aromatic heterocycles. The van der Waals surface area contributed by atoms with Crippen molar-refractivity contribution in [3.05, 3.63) is 56.5 Å². The van der Waals surface area contributed by atoms with Gasteiger partial charge in [0.1, 0.15) is 11.9 Å². The largest absolute Gasteiger partial charge is 0.383 e. The topological polar surface area (TPSA) is 20.2 Å². The maximum Gasteiger partial charge on any atom is 0.147 e. The second-order valence-corrected chi connectivity index (χ2v) is 7.02. The summed E-state index contributed by atoms with van der Waals surface area (Å²) < 4.78 is 13.9. The van der Waals surface area contributed by atoms with Crippen LogP contribution in [0.1, 0.15) is 42.2 Å². The first-order chi connectivity index (χ1) is 8.80. The molecule has 4 heteroatoms. The molecule has 1 nitrogen and oxygen atoms in total. The Balaban J connectivity index is 2.37. The number of thiophene rings is 1. The molecule has 0 aliphatic carbocycles. The van der Waals surface area contributed by atoms with Crippen LogP contribution in [0.4, 0.5) is 4.39 Å². The van der Waals surface area contributed by atoms with Gasteiger partial charge < -0.3 is 5.11 Å². The number of benzene rings is 1. The predicted octanol–water partition coefficient (Wildman–Crippen LogP) is 4.92. The minimum Gasteiger partial charge on any atom is -0.383 e. The third kappa shape index (κ3) is 2.99. The van der Waals surface area contributed by atoms with Gasteiger partial charge in [0.05, 0.1) is 5.02 Å². The lowest BCUT2D eigenvalue weighted by Gasteiger charge is -2.16. The van der Waals surface area contributed by atoms with Gasteiger partial charge in [-0.2, -0.15) is 0 Å². The average Bonchev–Trinajstić information content (AvgIpc) is 2.81. The fraction of sp³-hybridized carbons (Fsp3) is 0.333. The highest BCUT2D eigenvalue weighted by Crippen LogP contribution is 2.36. The molecule has 2 aromatic rings. The maximum absolute atomic E-state index is 13.9. The van der Waals surface area contributed by atoms with Crippen molar-refractivity contribution < 1.29 is 9.50 Å². The van der Waals surface area contributed by atoms with E-state index in [-0.39, 0.29) is 16.0 Å². The van der Waals surface area contributed by atoms with E-state index in [4.69, 9.17) is 11.6 Å². The molecule has 1 heterocycles. The molecule has 0 spiro atoms. The van der Waals surface area contributed by atoms with Gasteiger partial charge in [-0.25, -0.2) is 4.39 Å². The van der Waals surface area contributed by atoms with Crippen molar-refractivity contribution in [1.29, 1.82) is 0 Å². The summed E-state index contributed by atoms with van der Waals surface area (Å²) in [5.74, 6) is -0.553. The Bertz CT molecular complexity index is 586. The summed E-state index contributed by atoms with van der Waals surface area (Å²) in [4.78, 5) is 1.88. The maximum atomic E-state index is 13.9. The Morgan fingerprint density at radius 1 is 1.21 bits per heavy atom. The molecule has 0 amide bonds. The third-order valence-corrected chi connectivity index (χ3v) is 4.77. The van der Waals surface area contributed by atoms with Crippen molar-refractivity contribution in [1.82, 2.24) is 0 Å². The second kappa shape index (κ2) is 5.23. The van der Waals surface area contributed by atoms with E-state index in [1.165, 1.54) is 17.4 Å². The molecule has 0 fully saturated rings. The average molecular weight is 299 g/mol. The summed E-state index contributed by atoms with van der Waals surface area (Å²) in [6.45, 7) is 6.32. The SMILES string of the molecule is CC(C)(C)c1ccc(C(O)c2cccc(Cl)c2F)s1. The van der Waals surface area contributed by atoms with Gasteiger partial charge in [-0.1, -0.05) is 44.5 Å². The number of halogens is 2. The Labute approximate surface area is 121 Å². The molecular formula is C15H16ClFOS. The summed E-state index contributed by atoms with van der Waals surface area (Å²) in [6.07, 6.45) is -0.972. The fourth-order valence-corrected chi connectivity index (χ4v) is 3.04. The smallest absolute Gasteiger partial charge is 0.147 e. The Morgan fingerprint density at radius 2 is 1.89 bits per heavy atom. The lowest BCUT2D eigenvalue weighted by atomic mass is 9.95. The standard InChI is InChI=1S/C15H16ClFOS/c1-15(2,3)12-8-7-11(19-12)14(18)9-5-4-6-10(16)13(9)17/h4-8,14,18H,1-3H3. The lowest BCUT2D eigenvalue weighted by Crippen LogP contribution is -2.08. The highest BCUT2D eigenvalue weighted by molar-refractivity contribution is 7.12. The van der Waals surface area contributed by atoms with Gasteiger partial charge >= 0.3 is 0 Å². The van der Waals surface area contributed by atoms with Gasteiger partial charge in [-0.05, 0) is 23.6 Å². The molecule has 0 aliphatic heterocycles. The fourth-order valence-electron chi connectivity index (χ4n) is 1.79. The number of hydrogen-bond donors (Lipinski definition) is 1. The molecule has 0 aliphatic rings. The summed E-state index contributed by atoms with van der Waals surface area (Å²) >= 11 is 7.24. The van der Waals surface area contributed by atoms with Gasteiger partial charge in [0, 0.05) is 15.3 Å². The van der Waals surface area contributed by atoms with Crippen LogP contribution < -0.4 is 0 Å². The van der Waals surface area contributed by atoms with Crippen LogP contribution in [0.15, 0.2) is 30.3 Å². The molecule has 1 unspecified atom stereocenters. The molecule has 0 radical (unpaired) electrons. The molecule has 1 aromatic carbocycles. The molecule has 1 atom stereocenters. The van der Waals surface area contributed by atoms with Crippen LogP contribution in [0.2, 0.25) is 5.02 Å². The van der Waals surface area contributed by atoms with Crippen molar-refractivity contribution in [2.45, 2.75) is 32.3 Å². The predicted molar refractivity (Wildman–Crippen MR) is 78.5 cm³/mol. The zero-order valence-electron chi connectivity index (χ0n) is 11.1. The van der Waals surface area contributed by atoms with Crippen molar-refractivity contribution in [3.63, 3.8) is 0 Å². The minimum absolute atomic E-state index is 0.0233. The minimum atomic E-state index is -0.972. The highest BCUT2D eigenvalue weighted by atomic mass is 35.5. The van der Waals surface area contributed by atoms with Crippen molar-refractivity contribution >= 4 is 22.9 Å². The normalized spacial score (nSPS) is 13.6. The zero-order valence-corrected chi connectivity index (χ0v) is 12.6. The van der Waals surface area contributed by atoms with Crippen molar-refractivity contribution in [3.8, 4) is 0 Å². The number of rotatable bonds is 2. The molecule has 19 heavy (non-hydrogen) atoms. The number of aliphatic hydroxyl groups is 1. The Hall–Kier alpha value is -0.900. The molecule has 1 N–H and O–H groups in total. The van der Waals surface area contributed by atoms with E-state index < -0.39 is 11.9 Å². The third-order valence-electron chi connectivity index (χ3n) is 2.91. The van der Waals surface area contributed by atoms with E-state index in [0.717, 1.165) is 9.75 Å². The van der Waals surface area contributed by atoms with Crippen LogP contribution in [0.25, 0.3) is 0 Å². The van der Waals surface area contributed by atoms with Gasteiger partial charge in [0.2, 0.25) is 0 Å². The Morgan fingerprint density at radius 3 is 2.47 bits per heavy atom. The molecular weight excluding hydrogens is 283 g/mol. The lowest BCUT2D eigenvalue weighted by molar-refractivity contribution is 0.219. The quantitative estimate of drug-likeness (QED) is 0.834.